The number of nitrogens with one attached hydrogen (secondary N) is 1. The van der Waals surface area contributed by atoms with Gasteiger partial charge in [-0.05, 0) is 12.1 Å². The highest BCUT2D eigenvalue weighted by Gasteiger charge is 2.12. The highest BCUT2D eigenvalue weighted by atomic mass is 15.1. The molecule has 0 spiro atoms. The van der Waals surface area contributed by atoms with Gasteiger partial charge in [-0.2, -0.15) is 0 Å². The molecule has 0 aliphatic rings. The van der Waals surface area contributed by atoms with Gasteiger partial charge in [0.15, 0.2) is 11.6 Å². The molecule has 0 saturated heterocycles. The van der Waals surface area contributed by atoms with Gasteiger partial charge >= 0.3 is 0 Å². The molecule has 86 valence electrons. The Bertz CT molecular complexity index is 630. The Morgan fingerprint density at radius 2 is 2.06 bits per heavy atom. The molecular weight excluding hydrogens is 214 g/mol. The average molecular weight is 227 g/mol. The molecular formula is C12H13N5. The first kappa shape index (κ1) is 9.89. The van der Waals surface area contributed by atoms with E-state index in [2.05, 4.69) is 15.0 Å². The van der Waals surface area contributed by atoms with Crippen LogP contribution in [0.3, 0.4) is 0 Å². The first-order valence-corrected chi connectivity index (χ1v) is 5.40. The first-order chi connectivity index (χ1) is 8.25. The Labute approximate surface area is 98.8 Å². The fraction of sp³-hybridized carbons (Fsp3) is 0.167. The Hall–Kier alpha value is -2.30. The zero-order valence-electron chi connectivity index (χ0n) is 9.75. The SMILES string of the molecule is Cn1ccnc1-c1nc(-c2ccc[nH]2)cn1C. The minimum Gasteiger partial charge on any atom is -0.360 e. The average Bonchev–Trinajstić information content (AvgIpc) is 2.98. The van der Waals surface area contributed by atoms with Crippen LogP contribution in [0.1, 0.15) is 0 Å². The fourth-order valence-corrected chi connectivity index (χ4v) is 1.87. The second-order valence-corrected chi connectivity index (χ2v) is 4.01. The summed E-state index contributed by atoms with van der Waals surface area (Å²) in [6.45, 7) is 0. The van der Waals surface area contributed by atoms with E-state index in [4.69, 9.17) is 0 Å². The van der Waals surface area contributed by atoms with Crippen molar-refractivity contribution in [2.75, 3.05) is 0 Å². The number of nitrogens with zero attached hydrogens (tertiary/aromatic N) is 4. The summed E-state index contributed by atoms with van der Waals surface area (Å²) in [6, 6.07) is 3.97. The summed E-state index contributed by atoms with van der Waals surface area (Å²) in [6.07, 6.45) is 7.58. The lowest BCUT2D eigenvalue weighted by Gasteiger charge is -2.00. The van der Waals surface area contributed by atoms with Crippen molar-refractivity contribution in [3.05, 3.63) is 36.9 Å². The number of aromatic nitrogens is 5. The lowest BCUT2D eigenvalue weighted by molar-refractivity contribution is 0.860. The van der Waals surface area contributed by atoms with E-state index < -0.39 is 0 Å². The number of H-pyrrole nitrogens is 1. The summed E-state index contributed by atoms with van der Waals surface area (Å²) in [5.74, 6) is 1.73. The summed E-state index contributed by atoms with van der Waals surface area (Å²) in [5.41, 5.74) is 1.94. The summed E-state index contributed by atoms with van der Waals surface area (Å²) in [4.78, 5) is 12.1. The number of aryl methyl sites for hydroxylation is 2. The largest absolute Gasteiger partial charge is 0.360 e. The predicted octanol–water partition coefficient (Wildman–Crippen LogP) is 1.82. The van der Waals surface area contributed by atoms with Gasteiger partial charge in [-0.25, -0.2) is 9.97 Å². The highest BCUT2D eigenvalue weighted by molar-refractivity contribution is 5.59. The van der Waals surface area contributed by atoms with Crippen LogP contribution in [-0.2, 0) is 14.1 Å². The van der Waals surface area contributed by atoms with Crippen LogP contribution in [0.25, 0.3) is 23.0 Å². The van der Waals surface area contributed by atoms with Crippen LogP contribution in [0.4, 0.5) is 0 Å². The van der Waals surface area contributed by atoms with Crippen molar-refractivity contribution in [3.8, 4) is 23.0 Å². The summed E-state index contributed by atoms with van der Waals surface area (Å²) < 4.78 is 3.94. The summed E-state index contributed by atoms with van der Waals surface area (Å²) in [7, 11) is 3.94. The van der Waals surface area contributed by atoms with Crippen LogP contribution >= 0.6 is 0 Å². The molecule has 0 aliphatic heterocycles. The molecule has 0 aromatic carbocycles. The third-order valence-corrected chi connectivity index (χ3v) is 2.77. The van der Waals surface area contributed by atoms with Gasteiger partial charge in [-0.15, -0.1) is 0 Å². The van der Waals surface area contributed by atoms with Gasteiger partial charge in [0, 0.05) is 38.9 Å². The molecule has 3 aromatic heterocycles. The molecule has 0 bridgehead atoms. The van der Waals surface area contributed by atoms with E-state index in [9.17, 15) is 0 Å². The topological polar surface area (TPSA) is 51.4 Å². The summed E-state index contributed by atoms with van der Waals surface area (Å²) >= 11 is 0. The Kier molecular flexibility index (Phi) is 2.11. The molecule has 3 aromatic rings. The van der Waals surface area contributed by atoms with Crippen molar-refractivity contribution < 1.29 is 0 Å². The summed E-state index contributed by atoms with van der Waals surface area (Å²) in [5, 5.41) is 0. The molecule has 5 nitrogen and oxygen atoms in total. The van der Waals surface area contributed by atoms with Crippen LogP contribution in [0.15, 0.2) is 36.9 Å². The zero-order chi connectivity index (χ0) is 11.8. The molecule has 1 N–H and O–H groups in total. The Morgan fingerprint density at radius 3 is 2.71 bits per heavy atom. The Morgan fingerprint density at radius 1 is 1.18 bits per heavy atom. The van der Waals surface area contributed by atoms with Crippen LogP contribution in [-0.4, -0.2) is 24.1 Å². The quantitative estimate of drug-likeness (QED) is 0.726. The number of imidazole rings is 2. The molecule has 5 heteroatoms. The normalized spacial score (nSPS) is 10.9. The Balaban J connectivity index is 2.11. The molecule has 0 aliphatic carbocycles. The van der Waals surface area contributed by atoms with E-state index in [0.717, 1.165) is 23.0 Å². The second kappa shape index (κ2) is 3.62. The third-order valence-electron chi connectivity index (χ3n) is 2.77. The lowest BCUT2D eigenvalue weighted by atomic mass is 10.3. The standard InChI is InChI=1S/C12H13N5/c1-16-7-6-14-11(16)12-15-10(8-17(12)2)9-4-3-5-13-9/h3-8,13H,1-2H3. The second-order valence-electron chi connectivity index (χ2n) is 4.01. The minimum atomic E-state index is 0.863. The number of hydrogen-bond donors (Lipinski definition) is 1. The van der Waals surface area contributed by atoms with E-state index in [1.54, 1.807) is 6.20 Å². The van der Waals surface area contributed by atoms with Crippen LogP contribution < -0.4 is 0 Å². The van der Waals surface area contributed by atoms with E-state index in [0.29, 0.717) is 0 Å². The highest BCUT2D eigenvalue weighted by Crippen LogP contribution is 2.21. The molecule has 0 radical (unpaired) electrons. The molecule has 0 fully saturated rings. The van der Waals surface area contributed by atoms with Crippen molar-refractivity contribution in [1.82, 2.24) is 24.1 Å². The third kappa shape index (κ3) is 1.56. The molecule has 0 amide bonds. The van der Waals surface area contributed by atoms with Crippen molar-refractivity contribution in [1.29, 1.82) is 0 Å². The molecule has 3 heterocycles. The molecule has 0 atom stereocenters. The van der Waals surface area contributed by atoms with Gasteiger partial charge in [-0.3, -0.25) is 0 Å². The number of rotatable bonds is 2. The zero-order valence-corrected chi connectivity index (χ0v) is 9.75. The van der Waals surface area contributed by atoms with Crippen molar-refractivity contribution in [2.24, 2.45) is 14.1 Å². The van der Waals surface area contributed by atoms with E-state index in [1.165, 1.54) is 0 Å². The molecule has 0 saturated carbocycles. The van der Waals surface area contributed by atoms with Crippen LogP contribution in [0.2, 0.25) is 0 Å². The van der Waals surface area contributed by atoms with Crippen LogP contribution in [0.5, 0.6) is 0 Å². The van der Waals surface area contributed by atoms with Crippen molar-refractivity contribution in [2.45, 2.75) is 0 Å². The molecule has 0 unspecified atom stereocenters. The van der Waals surface area contributed by atoms with Crippen molar-refractivity contribution in [3.63, 3.8) is 0 Å². The van der Waals surface area contributed by atoms with Gasteiger partial charge < -0.3 is 14.1 Å². The number of aromatic amines is 1. The van der Waals surface area contributed by atoms with Gasteiger partial charge in [-0.1, -0.05) is 0 Å². The van der Waals surface area contributed by atoms with Crippen LogP contribution in [0, 0.1) is 0 Å². The number of hydrogen-bond acceptors (Lipinski definition) is 2. The van der Waals surface area contributed by atoms with Gasteiger partial charge in [0.2, 0.25) is 0 Å². The maximum atomic E-state index is 4.60. The smallest absolute Gasteiger partial charge is 0.176 e. The van der Waals surface area contributed by atoms with E-state index in [-0.39, 0.29) is 0 Å². The molecule has 3 rings (SSSR count). The van der Waals surface area contributed by atoms with E-state index in [1.807, 2.05) is 54.0 Å². The van der Waals surface area contributed by atoms with Gasteiger partial charge in [0.25, 0.3) is 0 Å². The van der Waals surface area contributed by atoms with Crippen molar-refractivity contribution >= 4 is 0 Å². The maximum absolute atomic E-state index is 4.60. The minimum absolute atomic E-state index is 0.863. The van der Waals surface area contributed by atoms with E-state index >= 15 is 0 Å². The maximum Gasteiger partial charge on any atom is 0.176 e. The predicted molar refractivity (Wildman–Crippen MR) is 65.2 cm³/mol. The monoisotopic (exact) mass is 227 g/mol. The van der Waals surface area contributed by atoms with Gasteiger partial charge in [0.05, 0.1) is 5.69 Å². The fourth-order valence-electron chi connectivity index (χ4n) is 1.87. The molecule has 17 heavy (non-hydrogen) atoms. The lowest BCUT2D eigenvalue weighted by Crippen LogP contribution is -1.98. The first-order valence-electron chi connectivity index (χ1n) is 5.40. The van der Waals surface area contributed by atoms with Gasteiger partial charge in [0.1, 0.15) is 5.69 Å².